The van der Waals surface area contributed by atoms with Gasteiger partial charge in [0.15, 0.2) is 0 Å². The van der Waals surface area contributed by atoms with Crippen molar-refractivity contribution < 1.29 is 13.2 Å². The first-order valence-corrected chi connectivity index (χ1v) is 7.23. The molecule has 0 amide bonds. The number of aromatic nitrogens is 1. The maximum atomic E-state index is 12.6. The van der Waals surface area contributed by atoms with Gasteiger partial charge in [-0.3, -0.25) is 4.98 Å². The predicted molar refractivity (Wildman–Crippen MR) is 82.5 cm³/mol. The van der Waals surface area contributed by atoms with Crippen LogP contribution in [0.4, 0.5) is 13.2 Å². The lowest BCUT2D eigenvalue weighted by Crippen LogP contribution is -2.16. The van der Waals surface area contributed by atoms with Crippen LogP contribution in [0.2, 0.25) is 0 Å². The van der Waals surface area contributed by atoms with E-state index >= 15 is 0 Å². The summed E-state index contributed by atoms with van der Waals surface area (Å²) in [5, 5.41) is 0. The van der Waals surface area contributed by atoms with Gasteiger partial charge >= 0.3 is 6.18 Å². The molecule has 2 rings (SSSR count). The molecular formula is C18H20F3N. The standard InChI is InChI=1S/C18H20F3N/c1-12(17(2,3)4)15-6-5-7-16(22-15)13-8-10-14(11-9-13)18(19,20)21/h5-12H,1-4H3/t12-/m0/s1. The van der Waals surface area contributed by atoms with Gasteiger partial charge in [0.2, 0.25) is 0 Å². The summed E-state index contributed by atoms with van der Waals surface area (Å²) in [4.78, 5) is 4.62. The van der Waals surface area contributed by atoms with Crippen LogP contribution in [0.3, 0.4) is 0 Å². The van der Waals surface area contributed by atoms with Crippen molar-refractivity contribution in [3.63, 3.8) is 0 Å². The SMILES string of the molecule is C[C@@H](c1cccc(-c2ccc(C(F)(F)F)cc2)n1)C(C)(C)C. The zero-order valence-electron chi connectivity index (χ0n) is 13.2. The maximum Gasteiger partial charge on any atom is 0.416 e. The van der Waals surface area contributed by atoms with Crippen LogP contribution < -0.4 is 0 Å². The second kappa shape index (κ2) is 5.75. The van der Waals surface area contributed by atoms with E-state index in [0.717, 1.165) is 17.8 Å². The molecule has 2 aromatic rings. The Morgan fingerprint density at radius 1 is 0.909 bits per heavy atom. The van der Waals surface area contributed by atoms with Crippen LogP contribution in [-0.4, -0.2) is 4.98 Å². The number of rotatable bonds is 2. The van der Waals surface area contributed by atoms with E-state index in [9.17, 15) is 13.2 Å². The molecule has 1 atom stereocenters. The van der Waals surface area contributed by atoms with Crippen LogP contribution in [0.5, 0.6) is 0 Å². The highest BCUT2D eigenvalue weighted by Crippen LogP contribution is 2.35. The molecule has 0 spiro atoms. The minimum absolute atomic E-state index is 0.0752. The molecule has 1 aromatic carbocycles. The first-order valence-electron chi connectivity index (χ1n) is 7.23. The van der Waals surface area contributed by atoms with Crippen molar-refractivity contribution in [2.75, 3.05) is 0 Å². The zero-order valence-corrected chi connectivity index (χ0v) is 13.2. The Hall–Kier alpha value is -1.84. The highest BCUT2D eigenvalue weighted by Gasteiger charge is 2.30. The monoisotopic (exact) mass is 307 g/mol. The number of hydrogen-bond acceptors (Lipinski definition) is 1. The van der Waals surface area contributed by atoms with E-state index < -0.39 is 11.7 Å². The largest absolute Gasteiger partial charge is 0.416 e. The summed E-state index contributed by atoms with van der Waals surface area (Å²) < 4.78 is 37.8. The predicted octanol–water partition coefficient (Wildman–Crippen LogP) is 5.92. The lowest BCUT2D eigenvalue weighted by Gasteiger charge is -2.27. The van der Waals surface area contributed by atoms with Crippen LogP contribution >= 0.6 is 0 Å². The Morgan fingerprint density at radius 3 is 2.00 bits per heavy atom. The molecule has 118 valence electrons. The molecular weight excluding hydrogens is 287 g/mol. The first kappa shape index (κ1) is 16.5. The van der Waals surface area contributed by atoms with E-state index in [-0.39, 0.29) is 11.3 Å². The van der Waals surface area contributed by atoms with Gasteiger partial charge in [0.1, 0.15) is 0 Å². The summed E-state index contributed by atoms with van der Waals surface area (Å²) in [7, 11) is 0. The fraction of sp³-hybridized carbons (Fsp3) is 0.389. The Balaban J connectivity index is 2.34. The van der Waals surface area contributed by atoms with Crippen molar-refractivity contribution in [2.45, 2.75) is 39.8 Å². The molecule has 4 heteroatoms. The average Bonchev–Trinajstić information content (AvgIpc) is 2.45. The quantitative estimate of drug-likeness (QED) is 0.671. The van der Waals surface area contributed by atoms with E-state index in [0.29, 0.717) is 11.3 Å². The molecule has 1 nitrogen and oxygen atoms in total. The molecule has 22 heavy (non-hydrogen) atoms. The molecule has 0 saturated heterocycles. The van der Waals surface area contributed by atoms with Gasteiger partial charge in [-0.05, 0) is 29.7 Å². The molecule has 1 heterocycles. The molecule has 0 fully saturated rings. The van der Waals surface area contributed by atoms with Crippen molar-refractivity contribution >= 4 is 0 Å². The van der Waals surface area contributed by atoms with Gasteiger partial charge in [-0.2, -0.15) is 13.2 Å². The summed E-state index contributed by atoms with van der Waals surface area (Å²) in [5.74, 6) is 0.252. The van der Waals surface area contributed by atoms with Gasteiger partial charge in [-0.25, -0.2) is 0 Å². The topological polar surface area (TPSA) is 12.9 Å². The van der Waals surface area contributed by atoms with Gasteiger partial charge < -0.3 is 0 Å². The summed E-state index contributed by atoms with van der Waals surface area (Å²) in [6.07, 6.45) is -4.31. The molecule has 0 aliphatic carbocycles. The van der Waals surface area contributed by atoms with E-state index in [1.165, 1.54) is 12.1 Å². The summed E-state index contributed by atoms with van der Waals surface area (Å²) in [6.45, 7) is 8.54. The summed E-state index contributed by atoms with van der Waals surface area (Å²) >= 11 is 0. The number of benzene rings is 1. The van der Waals surface area contributed by atoms with E-state index in [1.54, 1.807) is 0 Å². The normalized spacial score (nSPS) is 14.0. The number of pyridine rings is 1. The molecule has 0 saturated carbocycles. The van der Waals surface area contributed by atoms with Crippen molar-refractivity contribution in [1.82, 2.24) is 4.98 Å². The number of alkyl halides is 3. The molecule has 1 aromatic heterocycles. The maximum absolute atomic E-state index is 12.6. The highest BCUT2D eigenvalue weighted by atomic mass is 19.4. The average molecular weight is 307 g/mol. The van der Waals surface area contributed by atoms with E-state index in [1.807, 2.05) is 18.2 Å². The molecule has 0 aliphatic heterocycles. The van der Waals surface area contributed by atoms with Gasteiger partial charge in [-0.1, -0.05) is 45.9 Å². The molecule has 0 bridgehead atoms. The van der Waals surface area contributed by atoms with Gasteiger partial charge in [0.25, 0.3) is 0 Å². The Kier molecular flexibility index (Phi) is 4.32. The Morgan fingerprint density at radius 2 is 1.50 bits per heavy atom. The zero-order chi connectivity index (χ0) is 16.5. The lowest BCUT2D eigenvalue weighted by molar-refractivity contribution is -0.137. The van der Waals surface area contributed by atoms with Crippen LogP contribution in [0, 0.1) is 5.41 Å². The molecule has 0 N–H and O–H groups in total. The van der Waals surface area contributed by atoms with Crippen molar-refractivity contribution in [3.05, 3.63) is 53.7 Å². The third-order valence-electron chi connectivity index (χ3n) is 4.02. The second-order valence-corrected chi connectivity index (χ2v) is 6.61. The van der Waals surface area contributed by atoms with Crippen LogP contribution in [0.25, 0.3) is 11.3 Å². The van der Waals surface area contributed by atoms with Gasteiger partial charge in [0.05, 0.1) is 11.3 Å². The third-order valence-corrected chi connectivity index (χ3v) is 4.02. The number of nitrogens with zero attached hydrogens (tertiary/aromatic N) is 1. The lowest BCUT2D eigenvalue weighted by atomic mass is 9.80. The number of halogens is 3. The fourth-order valence-corrected chi connectivity index (χ4v) is 2.13. The fourth-order valence-electron chi connectivity index (χ4n) is 2.13. The molecule has 0 radical (unpaired) electrons. The molecule has 0 unspecified atom stereocenters. The van der Waals surface area contributed by atoms with Crippen molar-refractivity contribution in [1.29, 1.82) is 0 Å². The van der Waals surface area contributed by atoms with E-state index in [2.05, 4.69) is 32.7 Å². The summed E-state index contributed by atoms with van der Waals surface area (Å²) in [6, 6.07) is 10.8. The molecule has 0 aliphatic rings. The smallest absolute Gasteiger partial charge is 0.253 e. The summed E-state index contributed by atoms with van der Waals surface area (Å²) in [5.41, 5.74) is 1.77. The first-order chi connectivity index (χ1) is 10.1. The second-order valence-electron chi connectivity index (χ2n) is 6.61. The van der Waals surface area contributed by atoms with Crippen LogP contribution in [-0.2, 0) is 6.18 Å². The van der Waals surface area contributed by atoms with Gasteiger partial charge in [0, 0.05) is 17.2 Å². The third kappa shape index (κ3) is 3.67. The van der Waals surface area contributed by atoms with E-state index in [4.69, 9.17) is 0 Å². The van der Waals surface area contributed by atoms with Crippen molar-refractivity contribution in [3.8, 4) is 11.3 Å². The van der Waals surface area contributed by atoms with Crippen molar-refractivity contribution in [2.24, 2.45) is 5.41 Å². The minimum atomic E-state index is -4.31. The van der Waals surface area contributed by atoms with Crippen LogP contribution in [0.1, 0.15) is 44.9 Å². The van der Waals surface area contributed by atoms with Crippen LogP contribution in [0.15, 0.2) is 42.5 Å². The highest BCUT2D eigenvalue weighted by molar-refractivity contribution is 5.59. The Labute approximate surface area is 129 Å². The minimum Gasteiger partial charge on any atom is -0.253 e. The Bertz CT molecular complexity index is 637. The van der Waals surface area contributed by atoms with Gasteiger partial charge in [-0.15, -0.1) is 0 Å². The number of hydrogen-bond donors (Lipinski definition) is 0.